The second-order valence-corrected chi connectivity index (χ2v) is 10.9. The first kappa shape index (κ1) is 22.9. The van der Waals surface area contributed by atoms with Crippen LogP contribution in [0.4, 0.5) is 4.79 Å². The Hall–Kier alpha value is -2.79. The maximum Gasteiger partial charge on any atom is 0.328 e. The zero-order valence-corrected chi connectivity index (χ0v) is 18.4. The molecule has 0 unspecified atom stereocenters. The van der Waals surface area contributed by atoms with E-state index < -0.39 is 20.5 Å². The fourth-order valence-electron chi connectivity index (χ4n) is 3.55. The number of carbonyl (C=O) groups is 2. The van der Waals surface area contributed by atoms with E-state index in [2.05, 4.69) is 23.7 Å². The number of amides is 2. The molecule has 3 N–H and O–H groups in total. The Morgan fingerprint density at radius 3 is 2.68 bits per heavy atom. The molecule has 0 radical (unpaired) electrons. The number of carbonyl (C=O) groups excluding carboxylic acids is 2. The molecule has 2 aliphatic rings. The van der Waals surface area contributed by atoms with Crippen LogP contribution in [0.5, 0.6) is 0 Å². The average Bonchev–Trinajstić information content (AvgIpc) is 3.05. The number of hydrogen-bond acceptors (Lipinski definition) is 6. The van der Waals surface area contributed by atoms with E-state index in [1.54, 1.807) is 12.3 Å². The molecular formula is C21H25N3O6S. The molecule has 1 aliphatic heterocycles. The number of aromatic nitrogens is 1. The summed E-state index contributed by atoms with van der Waals surface area (Å²) in [6, 6.07) is 1.42. The summed E-state index contributed by atoms with van der Waals surface area (Å²) in [7, 11) is -3.83. The Labute approximate surface area is 181 Å². The molecule has 1 aliphatic carbocycles. The lowest BCUT2D eigenvalue weighted by Gasteiger charge is -2.27. The topological polar surface area (TPSA) is 129 Å². The molecule has 1 saturated carbocycles. The first-order chi connectivity index (χ1) is 14.4. The fraction of sp³-hybridized carbons (Fsp3) is 0.524. The predicted octanol–water partition coefficient (Wildman–Crippen LogP) is 0.344. The van der Waals surface area contributed by atoms with Crippen LogP contribution in [-0.2, 0) is 21.2 Å². The van der Waals surface area contributed by atoms with Crippen LogP contribution >= 0.6 is 0 Å². The van der Waals surface area contributed by atoms with Gasteiger partial charge in [-0.05, 0) is 50.5 Å². The third-order valence-corrected chi connectivity index (χ3v) is 8.26. The predicted molar refractivity (Wildman–Crippen MR) is 111 cm³/mol. The molecule has 2 amide bonds. The zero-order chi connectivity index (χ0) is 23.0. The molecule has 9 nitrogen and oxygen atoms in total. The monoisotopic (exact) mass is 447 g/mol. The molecule has 1 aromatic rings. The first-order valence-corrected chi connectivity index (χ1v) is 11.6. The molecule has 2 heterocycles. The molecule has 1 aromatic heterocycles. The van der Waals surface area contributed by atoms with Crippen molar-refractivity contribution in [2.75, 3.05) is 19.4 Å². The van der Waals surface area contributed by atoms with Gasteiger partial charge in [-0.2, -0.15) is 0 Å². The molecule has 166 valence electrons. The average molecular weight is 448 g/mol. The van der Waals surface area contributed by atoms with Crippen LogP contribution < -0.4 is 5.48 Å². The normalized spacial score (nSPS) is 23.7. The van der Waals surface area contributed by atoms with Gasteiger partial charge in [0.05, 0.1) is 6.54 Å². The lowest BCUT2D eigenvalue weighted by Crippen LogP contribution is -2.50. The lowest BCUT2D eigenvalue weighted by atomic mass is 10.1. The summed E-state index contributed by atoms with van der Waals surface area (Å²) in [5.41, 5.74) is 2.56. The smallest absolute Gasteiger partial charge is 0.328 e. The third kappa shape index (κ3) is 4.33. The minimum absolute atomic E-state index is 0.0224. The quantitative estimate of drug-likeness (QED) is 0.328. The van der Waals surface area contributed by atoms with Crippen molar-refractivity contribution in [3.8, 4) is 23.7 Å². The van der Waals surface area contributed by atoms with Gasteiger partial charge in [0.1, 0.15) is 0 Å². The summed E-state index contributed by atoms with van der Waals surface area (Å²) >= 11 is 0. The molecule has 3 rings (SSSR count). The fourth-order valence-corrected chi connectivity index (χ4v) is 4.39. The van der Waals surface area contributed by atoms with Gasteiger partial charge in [-0.3, -0.25) is 14.6 Å². The number of fused-ring (bicyclic) bond motifs is 1. The Morgan fingerprint density at radius 1 is 1.42 bits per heavy atom. The molecule has 0 saturated heterocycles. The number of hydrogen-bond donors (Lipinski definition) is 3. The molecule has 1 fully saturated rings. The Morgan fingerprint density at radius 2 is 2.13 bits per heavy atom. The van der Waals surface area contributed by atoms with E-state index in [-0.39, 0.29) is 43.5 Å². The van der Waals surface area contributed by atoms with E-state index in [0.29, 0.717) is 11.3 Å². The molecule has 0 aromatic carbocycles. The van der Waals surface area contributed by atoms with Crippen molar-refractivity contribution in [3.05, 3.63) is 23.5 Å². The van der Waals surface area contributed by atoms with E-state index in [4.69, 9.17) is 10.3 Å². The summed E-state index contributed by atoms with van der Waals surface area (Å²) < 4.78 is 23.7. The van der Waals surface area contributed by atoms with Gasteiger partial charge >= 0.3 is 6.03 Å². The van der Waals surface area contributed by atoms with Crippen molar-refractivity contribution < 1.29 is 28.3 Å². The summed E-state index contributed by atoms with van der Waals surface area (Å²) in [6.07, 6.45) is 3.21. The van der Waals surface area contributed by atoms with Crippen molar-refractivity contribution >= 4 is 21.8 Å². The summed E-state index contributed by atoms with van der Waals surface area (Å²) in [5, 5.41) is 18.0. The van der Waals surface area contributed by atoms with Crippen molar-refractivity contribution in [2.45, 2.75) is 38.0 Å². The number of hydroxylamine groups is 1. The zero-order valence-electron chi connectivity index (χ0n) is 17.6. The standard InChI is InChI=1S/C21H25N3O6S/c1-20(11-16(20)14-25)7-5-4-6-15-10-17-13-23(19(27)24(17)12-15)9-8-21(2,18(26)22-28)31(3,29)30/h10,12,16,25,28H,8-9,11,13-14H2,1-3H3,(H,22,26)/t16-,20+,21+/m0/s1. The number of aliphatic hydroxyl groups excluding tert-OH is 1. The van der Waals surface area contributed by atoms with E-state index >= 15 is 0 Å². The summed E-state index contributed by atoms with van der Waals surface area (Å²) in [5.74, 6) is 10.7. The number of sulfone groups is 1. The second kappa shape index (κ2) is 8.04. The number of aliphatic hydroxyl groups is 1. The van der Waals surface area contributed by atoms with Gasteiger partial charge < -0.3 is 10.0 Å². The van der Waals surface area contributed by atoms with Crippen molar-refractivity contribution in [2.24, 2.45) is 11.3 Å². The number of nitrogens with one attached hydrogen (secondary N) is 1. The van der Waals surface area contributed by atoms with Crippen molar-refractivity contribution in [1.29, 1.82) is 0 Å². The second-order valence-electron chi connectivity index (χ2n) is 8.49. The van der Waals surface area contributed by atoms with E-state index in [1.807, 2.05) is 6.92 Å². The first-order valence-electron chi connectivity index (χ1n) is 9.74. The van der Waals surface area contributed by atoms with Crippen LogP contribution in [-0.4, -0.2) is 64.3 Å². The van der Waals surface area contributed by atoms with Gasteiger partial charge in [0.15, 0.2) is 14.6 Å². The van der Waals surface area contributed by atoms with Crippen LogP contribution in [0.1, 0.15) is 37.9 Å². The van der Waals surface area contributed by atoms with Gasteiger partial charge in [-0.15, -0.1) is 0 Å². The molecule has 3 atom stereocenters. The van der Waals surface area contributed by atoms with Crippen LogP contribution in [0.25, 0.3) is 0 Å². The van der Waals surface area contributed by atoms with Gasteiger partial charge in [-0.25, -0.2) is 18.7 Å². The maximum absolute atomic E-state index is 12.6. The Kier molecular flexibility index (Phi) is 5.94. The molecular weight excluding hydrogens is 422 g/mol. The third-order valence-electron chi connectivity index (χ3n) is 6.24. The minimum atomic E-state index is -3.83. The minimum Gasteiger partial charge on any atom is -0.396 e. The van der Waals surface area contributed by atoms with Crippen LogP contribution in [0.2, 0.25) is 0 Å². The van der Waals surface area contributed by atoms with Gasteiger partial charge in [0, 0.05) is 42.3 Å². The Bertz CT molecular complexity index is 1150. The molecule has 0 bridgehead atoms. The molecule has 10 heteroatoms. The van der Waals surface area contributed by atoms with Crippen molar-refractivity contribution in [1.82, 2.24) is 14.9 Å². The van der Waals surface area contributed by atoms with Crippen molar-refractivity contribution in [3.63, 3.8) is 0 Å². The highest BCUT2D eigenvalue weighted by Crippen LogP contribution is 2.51. The molecule has 0 spiro atoms. The highest BCUT2D eigenvalue weighted by molar-refractivity contribution is 7.92. The van der Waals surface area contributed by atoms with E-state index in [0.717, 1.165) is 12.7 Å². The SMILES string of the molecule is C[C@@]1(C#CC#Cc2cc3n(c2)C(=O)N(CC[C@](C)(C(=O)NO)S(C)(=O)=O)C3)C[C@H]1CO. The summed E-state index contributed by atoms with van der Waals surface area (Å²) in [4.78, 5) is 26.0. The van der Waals surface area contributed by atoms with Gasteiger partial charge in [-0.1, -0.05) is 11.8 Å². The van der Waals surface area contributed by atoms with Crippen LogP contribution in [0.15, 0.2) is 12.3 Å². The number of nitrogens with zero attached hydrogens (tertiary/aromatic N) is 2. The highest BCUT2D eigenvalue weighted by Gasteiger charge is 2.48. The van der Waals surface area contributed by atoms with Crippen LogP contribution in [0.3, 0.4) is 0 Å². The molecule has 31 heavy (non-hydrogen) atoms. The Balaban J connectivity index is 1.65. The summed E-state index contributed by atoms with van der Waals surface area (Å²) in [6.45, 7) is 3.60. The van der Waals surface area contributed by atoms with E-state index in [9.17, 15) is 18.0 Å². The van der Waals surface area contributed by atoms with Gasteiger partial charge in [0.2, 0.25) is 0 Å². The van der Waals surface area contributed by atoms with Crippen LogP contribution in [0, 0.1) is 35.0 Å². The van der Waals surface area contributed by atoms with Gasteiger partial charge in [0.25, 0.3) is 5.91 Å². The number of rotatable bonds is 6. The highest BCUT2D eigenvalue weighted by atomic mass is 32.2. The maximum atomic E-state index is 12.6. The van der Waals surface area contributed by atoms with E-state index in [1.165, 1.54) is 21.9 Å². The largest absolute Gasteiger partial charge is 0.396 e. The lowest BCUT2D eigenvalue weighted by molar-refractivity contribution is -0.131.